The van der Waals surface area contributed by atoms with E-state index < -0.39 is 0 Å². The largest absolute Gasteiger partial charge is 0.495 e. The lowest BCUT2D eigenvalue weighted by Gasteiger charge is -2.12. The Bertz CT molecular complexity index is 669. The van der Waals surface area contributed by atoms with Crippen LogP contribution in [0.25, 0.3) is 0 Å². The molecule has 0 bridgehead atoms. The lowest BCUT2D eigenvalue weighted by atomic mass is 10.2. The maximum Gasteiger partial charge on any atom is 0.159 e. The van der Waals surface area contributed by atoms with Crippen LogP contribution in [0.2, 0.25) is 0 Å². The van der Waals surface area contributed by atoms with E-state index in [0.717, 1.165) is 0 Å². The fraction of sp³-hybridized carbons (Fsp3) is 0.0833. The van der Waals surface area contributed by atoms with Gasteiger partial charge < -0.3 is 15.5 Å². The second kappa shape index (κ2) is 6.18. The van der Waals surface area contributed by atoms with Crippen LogP contribution in [0.5, 0.6) is 5.75 Å². The molecule has 2 rings (SSSR count). The Morgan fingerprint density at radius 1 is 1.35 bits per heavy atom. The first-order valence-electron chi connectivity index (χ1n) is 5.52. The van der Waals surface area contributed by atoms with E-state index in [1.54, 1.807) is 18.2 Å². The number of nitrogen functional groups attached to an aromatic ring is 1. The number of hydrogen-bond donors (Lipinski definition) is 3. The highest BCUT2D eigenvalue weighted by Crippen LogP contribution is 2.32. The molecule has 0 saturated carbocycles. The minimum Gasteiger partial charge on any atom is -0.495 e. The minimum absolute atomic E-state index is 0.454. The third kappa shape index (κ3) is 2.79. The first-order chi connectivity index (χ1) is 9.69. The average Bonchev–Trinajstić information content (AvgIpc) is 2.49. The average molecular weight is 335 g/mol. The molecule has 0 aliphatic rings. The number of nitrogens with two attached hydrogens (primary N) is 1. The van der Waals surface area contributed by atoms with Gasteiger partial charge in [-0.25, -0.2) is 15.8 Å². The summed E-state index contributed by atoms with van der Waals surface area (Å²) in [4.78, 5) is 8.08. The smallest absolute Gasteiger partial charge is 0.159 e. The number of nitrogens with one attached hydrogen (secondary N) is 2. The summed E-state index contributed by atoms with van der Waals surface area (Å²) < 4.78 is 5.84. The topological polar surface area (TPSA) is 109 Å². The third-order valence-electron chi connectivity index (χ3n) is 2.51. The van der Waals surface area contributed by atoms with Crippen molar-refractivity contribution in [3.05, 3.63) is 34.6 Å². The van der Waals surface area contributed by atoms with E-state index in [-0.39, 0.29) is 0 Å². The van der Waals surface area contributed by atoms with Gasteiger partial charge in [-0.3, -0.25) is 0 Å². The maximum atomic E-state index is 8.87. The number of aromatic nitrogens is 2. The molecule has 20 heavy (non-hydrogen) atoms. The number of rotatable bonds is 4. The summed E-state index contributed by atoms with van der Waals surface area (Å²) in [7, 11) is 1.53. The molecule has 8 heteroatoms. The Kier molecular flexibility index (Phi) is 4.34. The molecular weight excluding hydrogens is 324 g/mol. The van der Waals surface area contributed by atoms with Gasteiger partial charge in [0.05, 0.1) is 24.4 Å². The fourth-order valence-corrected chi connectivity index (χ4v) is 1.97. The molecule has 1 heterocycles. The molecule has 1 aromatic carbocycles. The van der Waals surface area contributed by atoms with Crippen LogP contribution in [0.1, 0.15) is 5.56 Å². The number of benzene rings is 1. The van der Waals surface area contributed by atoms with E-state index in [4.69, 9.17) is 15.8 Å². The Labute approximate surface area is 123 Å². The number of hydrogen-bond acceptors (Lipinski definition) is 7. The van der Waals surface area contributed by atoms with Crippen LogP contribution in [0.3, 0.4) is 0 Å². The van der Waals surface area contributed by atoms with Crippen LogP contribution < -0.4 is 21.3 Å². The van der Waals surface area contributed by atoms with Gasteiger partial charge >= 0.3 is 0 Å². The third-order valence-corrected chi connectivity index (χ3v) is 3.26. The fourth-order valence-electron chi connectivity index (χ4n) is 1.55. The van der Waals surface area contributed by atoms with Gasteiger partial charge in [0.2, 0.25) is 0 Å². The molecule has 0 fully saturated rings. The van der Waals surface area contributed by atoms with Crippen molar-refractivity contribution >= 4 is 33.3 Å². The number of halogens is 1. The molecule has 2 aromatic rings. The van der Waals surface area contributed by atoms with Crippen LogP contribution in [-0.2, 0) is 0 Å². The number of anilines is 3. The second-order valence-electron chi connectivity index (χ2n) is 3.68. The van der Waals surface area contributed by atoms with Crippen molar-refractivity contribution in [2.45, 2.75) is 0 Å². The van der Waals surface area contributed by atoms with E-state index in [1.165, 1.54) is 13.4 Å². The van der Waals surface area contributed by atoms with Crippen molar-refractivity contribution < 1.29 is 4.74 Å². The normalized spacial score (nSPS) is 9.70. The molecule has 0 amide bonds. The first-order valence-corrected chi connectivity index (χ1v) is 6.31. The standard InChI is InChI=1S/C12H11BrN6O/c1-20-9-4-7(5-14)2-3-8(9)18-11-10(13)12(19-15)17-6-16-11/h2-4,6H,15H2,1H3,(H2,16,17,18,19). The van der Waals surface area contributed by atoms with E-state index in [2.05, 4.69) is 42.7 Å². The molecule has 0 saturated heterocycles. The van der Waals surface area contributed by atoms with Crippen molar-refractivity contribution in [3.63, 3.8) is 0 Å². The van der Waals surface area contributed by atoms with Crippen molar-refractivity contribution in [1.29, 1.82) is 5.26 Å². The Morgan fingerprint density at radius 2 is 2.10 bits per heavy atom. The molecule has 0 atom stereocenters. The monoisotopic (exact) mass is 334 g/mol. The second-order valence-corrected chi connectivity index (χ2v) is 4.47. The van der Waals surface area contributed by atoms with Crippen LogP contribution in [-0.4, -0.2) is 17.1 Å². The van der Waals surface area contributed by atoms with Gasteiger partial charge in [0.25, 0.3) is 0 Å². The van der Waals surface area contributed by atoms with Crippen molar-refractivity contribution in [2.75, 3.05) is 17.9 Å². The number of nitriles is 1. The Hall–Kier alpha value is -2.37. The SMILES string of the molecule is COc1cc(C#N)ccc1Nc1ncnc(NN)c1Br. The molecule has 0 radical (unpaired) electrons. The molecular formula is C12H11BrN6O. The summed E-state index contributed by atoms with van der Waals surface area (Å²) in [6.07, 6.45) is 1.37. The van der Waals surface area contributed by atoms with Crippen molar-refractivity contribution in [2.24, 2.45) is 5.84 Å². The predicted molar refractivity (Wildman–Crippen MR) is 78.5 cm³/mol. The van der Waals surface area contributed by atoms with Crippen LogP contribution in [0, 0.1) is 11.3 Å². The molecule has 0 aliphatic heterocycles. The number of hydrazine groups is 1. The molecule has 0 unspecified atom stereocenters. The summed E-state index contributed by atoms with van der Waals surface area (Å²) in [5.41, 5.74) is 3.64. The van der Waals surface area contributed by atoms with E-state index in [9.17, 15) is 0 Å². The zero-order valence-corrected chi connectivity index (χ0v) is 12.1. The number of methoxy groups -OCH3 is 1. The number of ether oxygens (including phenoxy) is 1. The molecule has 4 N–H and O–H groups in total. The van der Waals surface area contributed by atoms with E-state index >= 15 is 0 Å². The summed E-state index contributed by atoms with van der Waals surface area (Å²) in [6, 6.07) is 7.11. The molecule has 7 nitrogen and oxygen atoms in total. The van der Waals surface area contributed by atoms with Crippen molar-refractivity contribution in [3.8, 4) is 11.8 Å². The minimum atomic E-state index is 0.454. The van der Waals surface area contributed by atoms with Gasteiger partial charge in [0, 0.05) is 6.07 Å². The molecule has 102 valence electrons. The van der Waals surface area contributed by atoms with Crippen LogP contribution in [0.4, 0.5) is 17.3 Å². The highest BCUT2D eigenvalue weighted by molar-refractivity contribution is 9.10. The summed E-state index contributed by atoms with van der Waals surface area (Å²) in [5.74, 6) is 6.86. The van der Waals surface area contributed by atoms with Gasteiger partial charge in [-0.1, -0.05) is 0 Å². The highest BCUT2D eigenvalue weighted by atomic mass is 79.9. The molecule has 0 aliphatic carbocycles. The van der Waals surface area contributed by atoms with Gasteiger partial charge in [0.1, 0.15) is 22.4 Å². The summed E-state index contributed by atoms with van der Waals surface area (Å²) in [6.45, 7) is 0. The number of nitrogens with zero attached hydrogens (tertiary/aromatic N) is 3. The van der Waals surface area contributed by atoms with Gasteiger partial charge in [0.15, 0.2) is 5.82 Å². The zero-order chi connectivity index (χ0) is 14.5. The predicted octanol–water partition coefficient (Wildman–Crippen LogP) is 2.15. The summed E-state index contributed by atoms with van der Waals surface area (Å²) >= 11 is 3.35. The van der Waals surface area contributed by atoms with Crippen LogP contribution >= 0.6 is 15.9 Å². The Balaban J connectivity index is 2.38. The van der Waals surface area contributed by atoms with Gasteiger partial charge in [-0.05, 0) is 28.1 Å². The maximum absolute atomic E-state index is 8.87. The Morgan fingerprint density at radius 3 is 2.75 bits per heavy atom. The summed E-state index contributed by atoms with van der Waals surface area (Å²) in [5, 5.41) is 12.0. The van der Waals surface area contributed by atoms with Gasteiger partial charge in [-0.2, -0.15) is 5.26 Å². The van der Waals surface area contributed by atoms with Crippen molar-refractivity contribution in [1.82, 2.24) is 9.97 Å². The molecule has 0 spiro atoms. The van der Waals surface area contributed by atoms with Gasteiger partial charge in [-0.15, -0.1) is 0 Å². The first kappa shape index (κ1) is 14.0. The zero-order valence-electron chi connectivity index (χ0n) is 10.5. The lowest BCUT2D eigenvalue weighted by Crippen LogP contribution is -2.10. The highest BCUT2D eigenvalue weighted by Gasteiger charge is 2.11. The van der Waals surface area contributed by atoms with E-state index in [1.807, 2.05) is 0 Å². The van der Waals surface area contributed by atoms with Crippen LogP contribution in [0.15, 0.2) is 29.0 Å². The lowest BCUT2D eigenvalue weighted by molar-refractivity contribution is 0.416. The quantitative estimate of drug-likeness (QED) is 0.580. The van der Waals surface area contributed by atoms with E-state index in [0.29, 0.717) is 33.1 Å². The molecule has 1 aromatic heterocycles.